The summed E-state index contributed by atoms with van der Waals surface area (Å²) >= 11 is 0. The van der Waals surface area contributed by atoms with Crippen LogP contribution in [0.15, 0.2) is 4.99 Å². The molecule has 16 heavy (non-hydrogen) atoms. The Morgan fingerprint density at radius 3 is 2.38 bits per heavy atom. The fraction of sp³-hybridized carbons (Fsp3) is 0.600. The van der Waals surface area contributed by atoms with Crippen LogP contribution in [0.2, 0.25) is 0 Å². The van der Waals surface area contributed by atoms with Gasteiger partial charge in [0.25, 0.3) is 0 Å². The van der Waals surface area contributed by atoms with Crippen LogP contribution in [0, 0.1) is 5.92 Å². The molecule has 0 aromatic carbocycles. The highest BCUT2D eigenvalue weighted by molar-refractivity contribution is 6.11. The van der Waals surface area contributed by atoms with Crippen LogP contribution in [0.1, 0.15) is 20.8 Å². The molecule has 0 saturated heterocycles. The van der Waals surface area contributed by atoms with E-state index in [4.69, 9.17) is 0 Å². The number of carbonyl (C=O) groups is 3. The minimum absolute atomic E-state index is 0.145. The molecule has 0 aliphatic carbocycles. The van der Waals surface area contributed by atoms with Crippen molar-refractivity contribution in [1.82, 2.24) is 0 Å². The number of esters is 1. The van der Waals surface area contributed by atoms with E-state index in [1.165, 1.54) is 13.8 Å². The Labute approximate surface area is 93.3 Å². The Morgan fingerprint density at radius 1 is 1.44 bits per heavy atom. The number of hydrogen-bond donors (Lipinski definition) is 0. The number of aliphatic imine (C=N–C) groups is 1. The fourth-order valence-electron chi connectivity index (χ4n) is 0.840. The van der Waals surface area contributed by atoms with E-state index in [9.17, 15) is 19.5 Å². The number of carbonyl (C=O) groups excluding carboxylic acids is 3. The van der Waals surface area contributed by atoms with Crippen LogP contribution in [0.3, 0.4) is 0 Å². The molecule has 0 spiro atoms. The molecule has 0 aromatic rings. The van der Waals surface area contributed by atoms with Crippen molar-refractivity contribution < 1.29 is 24.2 Å². The summed E-state index contributed by atoms with van der Waals surface area (Å²) < 4.78 is 4.64. The van der Waals surface area contributed by atoms with Gasteiger partial charge in [0, 0.05) is 6.21 Å². The lowest BCUT2D eigenvalue weighted by atomic mass is 10.1. The predicted molar refractivity (Wildman–Crippen MR) is 53.8 cm³/mol. The van der Waals surface area contributed by atoms with Gasteiger partial charge in [0.2, 0.25) is 0 Å². The zero-order valence-corrected chi connectivity index (χ0v) is 9.43. The molecule has 0 aliphatic rings. The van der Waals surface area contributed by atoms with Crippen molar-refractivity contribution in [2.75, 3.05) is 6.61 Å². The van der Waals surface area contributed by atoms with Gasteiger partial charge in [0.15, 0.2) is 0 Å². The lowest BCUT2D eigenvalue weighted by molar-refractivity contribution is -0.306. The van der Waals surface area contributed by atoms with Gasteiger partial charge in [0.1, 0.15) is 11.7 Å². The maximum atomic E-state index is 11.3. The number of carboxylic acid groups (broad SMARTS) is 1. The lowest BCUT2D eigenvalue weighted by Crippen LogP contribution is -2.33. The summed E-state index contributed by atoms with van der Waals surface area (Å²) in [6.07, 6.45) is 0.987. The molecule has 0 aromatic heterocycles. The van der Waals surface area contributed by atoms with Gasteiger partial charge in [-0.3, -0.25) is 14.6 Å². The summed E-state index contributed by atoms with van der Waals surface area (Å²) in [6.45, 7) is 4.24. The Balaban J connectivity index is 4.63. The van der Waals surface area contributed by atoms with E-state index in [1.807, 2.05) is 0 Å². The van der Waals surface area contributed by atoms with E-state index >= 15 is 0 Å². The first-order valence-electron chi connectivity index (χ1n) is 4.81. The summed E-state index contributed by atoms with van der Waals surface area (Å²) in [6, 6.07) is -1.10. The minimum atomic E-state index is -1.37. The zero-order chi connectivity index (χ0) is 12.7. The van der Waals surface area contributed by atoms with E-state index in [-0.39, 0.29) is 6.61 Å². The van der Waals surface area contributed by atoms with E-state index in [0.717, 1.165) is 6.21 Å². The molecule has 90 valence electrons. The highest BCUT2D eigenvalue weighted by atomic mass is 16.5. The van der Waals surface area contributed by atoms with Crippen LogP contribution in [0.25, 0.3) is 0 Å². The maximum Gasteiger partial charge on any atom is 0.321 e. The Morgan fingerprint density at radius 2 is 2.00 bits per heavy atom. The number of carboxylic acids is 1. The number of rotatable bonds is 6. The van der Waals surface area contributed by atoms with Crippen molar-refractivity contribution in [3.8, 4) is 0 Å². The third-order valence-corrected chi connectivity index (χ3v) is 1.78. The average molecular weight is 228 g/mol. The smallest absolute Gasteiger partial charge is 0.321 e. The Kier molecular flexibility index (Phi) is 5.99. The van der Waals surface area contributed by atoms with Crippen LogP contribution >= 0.6 is 0 Å². The SMILES string of the molecule is CCOC(=O)[C@@H](C=N[C@H](C)C(=O)[O-])C(C)=O. The summed E-state index contributed by atoms with van der Waals surface area (Å²) in [5.74, 6) is -3.71. The van der Waals surface area contributed by atoms with Gasteiger partial charge < -0.3 is 14.6 Å². The Hall–Kier alpha value is -1.72. The summed E-state index contributed by atoms with van der Waals surface area (Å²) in [7, 11) is 0. The molecule has 0 heterocycles. The van der Waals surface area contributed by atoms with Crippen LogP contribution in [0.5, 0.6) is 0 Å². The lowest BCUT2D eigenvalue weighted by Gasteiger charge is -2.10. The molecule has 6 nitrogen and oxygen atoms in total. The molecular formula is C10H14NO5-. The monoisotopic (exact) mass is 228 g/mol. The number of nitrogens with zero attached hydrogens (tertiary/aromatic N) is 1. The second kappa shape index (κ2) is 6.71. The highest BCUT2D eigenvalue weighted by Gasteiger charge is 2.22. The molecule has 0 unspecified atom stereocenters. The van der Waals surface area contributed by atoms with Crippen molar-refractivity contribution in [3.05, 3.63) is 0 Å². The molecule has 0 radical (unpaired) electrons. The van der Waals surface area contributed by atoms with Gasteiger partial charge in [-0.25, -0.2) is 0 Å². The molecule has 0 N–H and O–H groups in total. The molecule has 0 fully saturated rings. The largest absolute Gasteiger partial charge is 0.548 e. The summed E-state index contributed by atoms with van der Waals surface area (Å²) in [4.78, 5) is 36.2. The zero-order valence-electron chi connectivity index (χ0n) is 9.43. The van der Waals surface area contributed by atoms with Crippen molar-refractivity contribution in [2.45, 2.75) is 26.8 Å². The van der Waals surface area contributed by atoms with Crippen molar-refractivity contribution in [2.24, 2.45) is 10.9 Å². The van der Waals surface area contributed by atoms with Gasteiger partial charge in [-0.05, 0) is 20.8 Å². The van der Waals surface area contributed by atoms with Crippen molar-refractivity contribution in [3.63, 3.8) is 0 Å². The molecule has 0 aliphatic heterocycles. The Bertz CT molecular complexity index is 310. The third-order valence-electron chi connectivity index (χ3n) is 1.78. The third kappa shape index (κ3) is 4.68. The number of ketones is 1. The van der Waals surface area contributed by atoms with Gasteiger partial charge in [-0.2, -0.15) is 0 Å². The minimum Gasteiger partial charge on any atom is -0.548 e. The maximum absolute atomic E-state index is 11.3. The molecule has 0 rings (SSSR count). The molecule has 6 heteroatoms. The number of aliphatic carboxylic acids is 1. The predicted octanol–water partition coefficient (Wildman–Crippen LogP) is -1.04. The second-order valence-corrected chi connectivity index (χ2v) is 3.13. The quantitative estimate of drug-likeness (QED) is 0.329. The molecule has 2 atom stereocenters. The molecule has 0 bridgehead atoms. The van der Waals surface area contributed by atoms with Crippen LogP contribution in [-0.4, -0.2) is 36.6 Å². The first kappa shape index (κ1) is 14.3. The normalized spacial score (nSPS) is 14.4. The standard InChI is InChI=1S/C10H15NO5/c1-4-16-10(15)8(7(3)12)5-11-6(2)9(13)14/h5-6,8H,4H2,1-3H3,(H,13,14)/p-1/t6-,8+/m1/s1. The van der Waals surface area contributed by atoms with E-state index in [1.54, 1.807) is 6.92 Å². The topological polar surface area (TPSA) is 95.9 Å². The van der Waals surface area contributed by atoms with Gasteiger partial charge >= 0.3 is 5.97 Å². The molecule has 0 saturated carbocycles. The van der Waals surface area contributed by atoms with Crippen molar-refractivity contribution in [1.29, 1.82) is 0 Å². The van der Waals surface area contributed by atoms with Crippen molar-refractivity contribution >= 4 is 23.9 Å². The fourth-order valence-corrected chi connectivity index (χ4v) is 0.840. The van der Waals surface area contributed by atoms with Gasteiger partial charge in [-0.1, -0.05) is 0 Å². The number of ether oxygens (including phenoxy) is 1. The van der Waals surface area contributed by atoms with E-state index in [2.05, 4.69) is 9.73 Å². The number of hydrogen-bond acceptors (Lipinski definition) is 6. The summed E-state index contributed by atoms with van der Waals surface area (Å²) in [5, 5.41) is 10.4. The molecule has 0 amide bonds. The number of Topliss-reactive ketones (excluding diaryl/α,β-unsaturated/α-hetero) is 1. The van der Waals surface area contributed by atoms with E-state index in [0.29, 0.717) is 0 Å². The second-order valence-electron chi connectivity index (χ2n) is 3.13. The average Bonchev–Trinajstić information content (AvgIpc) is 2.17. The van der Waals surface area contributed by atoms with Gasteiger partial charge in [-0.15, -0.1) is 0 Å². The summed E-state index contributed by atoms with van der Waals surface area (Å²) in [5.41, 5.74) is 0. The first-order chi connectivity index (χ1) is 7.40. The van der Waals surface area contributed by atoms with Crippen LogP contribution < -0.4 is 5.11 Å². The van der Waals surface area contributed by atoms with Gasteiger partial charge in [0.05, 0.1) is 18.6 Å². The molecular weight excluding hydrogens is 214 g/mol. The van der Waals surface area contributed by atoms with Crippen LogP contribution in [0.4, 0.5) is 0 Å². The van der Waals surface area contributed by atoms with Crippen LogP contribution in [-0.2, 0) is 19.1 Å². The first-order valence-corrected chi connectivity index (χ1v) is 4.81. The highest BCUT2D eigenvalue weighted by Crippen LogP contribution is 2.00. The van der Waals surface area contributed by atoms with E-state index < -0.39 is 29.7 Å².